The molecule has 0 aliphatic carbocycles. The first-order chi connectivity index (χ1) is 6.94. The highest BCUT2D eigenvalue weighted by atomic mass is 16.3. The summed E-state index contributed by atoms with van der Waals surface area (Å²) < 4.78 is 1.85. The van der Waals surface area contributed by atoms with E-state index in [1.807, 2.05) is 17.7 Å². The molecular weight excluding hydrogens is 188 g/mol. The van der Waals surface area contributed by atoms with E-state index in [4.69, 9.17) is 0 Å². The zero-order valence-corrected chi connectivity index (χ0v) is 10.2. The number of hydrogen-bond acceptors (Lipinski definition) is 2. The third-order valence-corrected chi connectivity index (χ3v) is 2.56. The minimum atomic E-state index is -0.383. The number of aryl methyl sites for hydroxylation is 1. The van der Waals surface area contributed by atoms with Gasteiger partial charge in [-0.1, -0.05) is 20.8 Å². The van der Waals surface area contributed by atoms with Crippen molar-refractivity contribution in [3.63, 3.8) is 0 Å². The molecule has 1 rings (SSSR count). The molecule has 1 heterocycles. The molecule has 0 saturated heterocycles. The van der Waals surface area contributed by atoms with E-state index in [0.29, 0.717) is 0 Å². The number of aromatic nitrogens is 2. The van der Waals surface area contributed by atoms with Crippen LogP contribution in [0.2, 0.25) is 0 Å². The summed E-state index contributed by atoms with van der Waals surface area (Å²) in [5, 5.41) is 14.2. The second kappa shape index (κ2) is 4.79. The highest BCUT2D eigenvalue weighted by Gasteiger charge is 2.17. The largest absolute Gasteiger partial charge is 0.387 e. The van der Waals surface area contributed by atoms with Crippen molar-refractivity contribution in [2.75, 3.05) is 0 Å². The molecule has 1 atom stereocenters. The Morgan fingerprint density at radius 2 is 2.13 bits per heavy atom. The highest BCUT2D eigenvalue weighted by molar-refractivity contribution is 5.04. The van der Waals surface area contributed by atoms with Gasteiger partial charge in [0.15, 0.2) is 0 Å². The molecule has 1 aromatic heterocycles. The first-order valence-electron chi connectivity index (χ1n) is 5.64. The maximum absolute atomic E-state index is 10.0. The Morgan fingerprint density at radius 1 is 1.47 bits per heavy atom. The lowest BCUT2D eigenvalue weighted by Crippen LogP contribution is -2.11. The maximum Gasteiger partial charge on any atom is 0.0956 e. The van der Waals surface area contributed by atoms with Crippen molar-refractivity contribution in [2.45, 2.75) is 53.2 Å². The fraction of sp³-hybridized carbons (Fsp3) is 0.750. The molecule has 0 fully saturated rings. The van der Waals surface area contributed by atoms with Crippen LogP contribution < -0.4 is 0 Å². The van der Waals surface area contributed by atoms with Crippen LogP contribution in [0.1, 0.15) is 52.3 Å². The summed E-state index contributed by atoms with van der Waals surface area (Å²) in [4.78, 5) is 0. The SMILES string of the molecule is CCn1nccc1C(O)CCC(C)(C)C. The van der Waals surface area contributed by atoms with E-state index in [1.54, 1.807) is 6.20 Å². The van der Waals surface area contributed by atoms with Crippen LogP contribution in [-0.2, 0) is 6.54 Å². The maximum atomic E-state index is 10.0. The van der Waals surface area contributed by atoms with Crippen molar-refractivity contribution < 1.29 is 5.11 Å². The monoisotopic (exact) mass is 210 g/mol. The molecule has 0 aliphatic heterocycles. The minimum Gasteiger partial charge on any atom is -0.387 e. The Balaban J connectivity index is 2.57. The zero-order valence-electron chi connectivity index (χ0n) is 10.2. The Hall–Kier alpha value is -0.830. The van der Waals surface area contributed by atoms with Gasteiger partial charge in [-0.2, -0.15) is 5.10 Å². The summed E-state index contributed by atoms with van der Waals surface area (Å²) in [7, 11) is 0. The lowest BCUT2D eigenvalue weighted by atomic mass is 9.89. The Bertz CT molecular complexity index is 299. The van der Waals surface area contributed by atoms with Gasteiger partial charge in [0.1, 0.15) is 0 Å². The fourth-order valence-electron chi connectivity index (χ4n) is 1.61. The van der Waals surface area contributed by atoms with E-state index < -0.39 is 0 Å². The second-order valence-corrected chi connectivity index (χ2v) is 5.19. The predicted molar refractivity (Wildman–Crippen MR) is 61.5 cm³/mol. The van der Waals surface area contributed by atoms with Crippen LogP contribution >= 0.6 is 0 Å². The van der Waals surface area contributed by atoms with Crippen LogP contribution in [0.25, 0.3) is 0 Å². The number of nitrogens with zero attached hydrogens (tertiary/aromatic N) is 2. The van der Waals surface area contributed by atoms with Gasteiger partial charge in [-0.3, -0.25) is 4.68 Å². The van der Waals surface area contributed by atoms with Gasteiger partial charge >= 0.3 is 0 Å². The van der Waals surface area contributed by atoms with Gasteiger partial charge < -0.3 is 5.11 Å². The van der Waals surface area contributed by atoms with Gasteiger partial charge in [-0.25, -0.2) is 0 Å². The molecular formula is C12H22N2O. The van der Waals surface area contributed by atoms with Crippen molar-refractivity contribution in [1.29, 1.82) is 0 Å². The molecule has 0 radical (unpaired) electrons. The zero-order chi connectivity index (χ0) is 11.5. The normalized spacial score (nSPS) is 14.2. The van der Waals surface area contributed by atoms with Crippen LogP contribution in [0.3, 0.4) is 0 Å². The molecule has 1 unspecified atom stereocenters. The minimum absolute atomic E-state index is 0.276. The predicted octanol–water partition coefficient (Wildman–Crippen LogP) is 2.76. The molecule has 3 heteroatoms. The van der Waals surface area contributed by atoms with Crippen LogP contribution in [0.4, 0.5) is 0 Å². The summed E-state index contributed by atoms with van der Waals surface area (Å²) >= 11 is 0. The van der Waals surface area contributed by atoms with E-state index in [9.17, 15) is 5.11 Å². The quantitative estimate of drug-likeness (QED) is 0.829. The fourth-order valence-corrected chi connectivity index (χ4v) is 1.61. The van der Waals surface area contributed by atoms with E-state index >= 15 is 0 Å². The van der Waals surface area contributed by atoms with Gasteiger partial charge in [0.05, 0.1) is 11.8 Å². The average Bonchev–Trinajstić information content (AvgIpc) is 2.60. The van der Waals surface area contributed by atoms with Crippen LogP contribution in [0, 0.1) is 5.41 Å². The Morgan fingerprint density at radius 3 is 2.67 bits per heavy atom. The molecule has 0 bridgehead atoms. The van der Waals surface area contributed by atoms with Crippen LogP contribution in [-0.4, -0.2) is 14.9 Å². The van der Waals surface area contributed by atoms with Crippen molar-refractivity contribution >= 4 is 0 Å². The number of rotatable bonds is 4. The first kappa shape index (κ1) is 12.2. The van der Waals surface area contributed by atoms with Gasteiger partial charge in [-0.05, 0) is 31.2 Å². The van der Waals surface area contributed by atoms with E-state index in [2.05, 4.69) is 25.9 Å². The summed E-state index contributed by atoms with van der Waals surface area (Å²) in [5.74, 6) is 0. The molecule has 0 saturated carbocycles. The molecule has 0 spiro atoms. The molecule has 0 aromatic carbocycles. The molecule has 86 valence electrons. The number of hydrogen-bond donors (Lipinski definition) is 1. The van der Waals surface area contributed by atoms with E-state index in [-0.39, 0.29) is 11.5 Å². The van der Waals surface area contributed by atoms with Crippen molar-refractivity contribution in [3.8, 4) is 0 Å². The summed E-state index contributed by atoms with van der Waals surface area (Å²) in [5.41, 5.74) is 1.21. The standard InChI is InChI=1S/C12H22N2O/c1-5-14-10(7-9-13-14)11(15)6-8-12(2,3)4/h7,9,11,15H,5-6,8H2,1-4H3. The lowest BCUT2D eigenvalue weighted by Gasteiger charge is -2.20. The molecule has 0 amide bonds. The summed E-state index contributed by atoms with van der Waals surface area (Å²) in [6.07, 6.45) is 3.18. The average molecular weight is 210 g/mol. The van der Waals surface area contributed by atoms with Gasteiger partial charge in [0.25, 0.3) is 0 Å². The Kier molecular flexibility index (Phi) is 3.91. The third kappa shape index (κ3) is 3.67. The molecule has 3 nitrogen and oxygen atoms in total. The van der Waals surface area contributed by atoms with Crippen molar-refractivity contribution in [2.24, 2.45) is 5.41 Å². The van der Waals surface area contributed by atoms with Gasteiger partial charge in [-0.15, -0.1) is 0 Å². The van der Waals surface area contributed by atoms with Crippen molar-refractivity contribution in [1.82, 2.24) is 9.78 Å². The molecule has 1 aromatic rings. The third-order valence-electron chi connectivity index (χ3n) is 2.56. The van der Waals surface area contributed by atoms with Gasteiger partial charge in [0.2, 0.25) is 0 Å². The lowest BCUT2D eigenvalue weighted by molar-refractivity contribution is 0.138. The molecule has 15 heavy (non-hydrogen) atoms. The molecule has 1 N–H and O–H groups in total. The summed E-state index contributed by atoms with van der Waals surface area (Å²) in [6, 6.07) is 1.90. The first-order valence-corrected chi connectivity index (χ1v) is 5.64. The number of aliphatic hydroxyl groups excluding tert-OH is 1. The van der Waals surface area contributed by atoms with Crippen LogP contribution in [0.5, 0.6) is 0 Å². The van der Waals surface area contributed by atoms with Crippen LogP contribution in [0.15, 0.2) is 12.3 Å². The number of aliphatic hydroxyl groups is 1. The van der Waals surface area contributed by atoms with E-state index in [0.717, 1.165) is 25.1 Å². The van der Waals surface area contributed by atoms with Crippen molar-refractivity contribution in [3.05, 3.63) is 18.0 Å². The Labute approximate surface area is 92.1 Å². The summed E-state index contributed by atoms with van der Waals surface area (Å²) in [6.45, 7) is 9.42. The van der Waals surface area contributed by atoms with Gasteiger partial charge in [0, 0.05) is 12.7 Å². The second-order valence-electron chi connectivity index (χ2n) is 5.19. The topological polar surface area (TPSA) is 38.0 Å². The molecule has 0 aliphatic rings. The smallest absolute Gasteiger partial charge is 0.0956 e. The highest BCUT2D eigenvalue weighted by Crippen LogP contribution is 2.27. The van der Waals surface area contributed by atoms with E-state index in [1.165, 1.54) is 0 Å².